The summed E-state index contributed by atoms with van der Waals surface area (Å²) < 4.78 is 67.4. The van der Waals surface area contributed by atoms with Crippen LogP contribution < -0.4 is 10.6 Å². The van der Waals surface area contributed by atoms with Crippen molar-refractivity contribution in [1.29, 1.82) is 0 Å². The molecule has 33 heavy (non-hydrogen) atoms. The Bertz CT molecular complexity index is 1380. The fourth-order valence-corrected chi connectivity index (χ4v) is 3.17. The number of carbonyl (C=O) groups excluding carboxylic acids is 2. The number of nitrogens with one attached hydrogen (secondary N) is 2. The van der Waals surface area contributed by atoms with Gasteiger partial charge in [0.15, 0.2) is 23.3 Å². The van der Waals surface area contributed by atoms with E-state index in [-0.39, 0.29) is 11.3 Å². The number of carbonyl (C=O) groups is 2. The van der Waals surface area contributed by atoms with E-state index < -0.39 is 46.5 Å². The van der Waals surface area contributed by atoms with Crippen molar-refractivity contribution in [2.45, 2.75) is 0 Å². The van der Waals surface area contributed by atoms with Gasteiger partial charge in [-0.2, -0.15) is 0 Å². The molecule has 2 amide bonds. The van der Waals surface area contributed by atoms with Gasteiger partial charge in [-0.3, -0.25) is 9.59 Å². The highest BCUT2D eigenvalue weighted by atomic mass is 19.2. The minimum atomic E-state index is -2.36. The van der Waals surface area contributed by atoms with Crippen molar-refractivity contribution >= 4 is 34.0 Å². The molecule has 0 fully saturated rings. The minimum Gasteiger partial charge on any atom is -0.322 e. The second-order valence-corrected chi connectivity index (χ2v) is 6.99. The molecule has 9 heteroatoms. The monoisotopic (exact) mass is 456 g/mol. The van der Waals surface area contributed by atoms with Crippen LogP contribution in [0.15, 0.2) is 66.7 Å². The third-order valence-corrected chi connectivity index (χ3v) is 4.85. The summed E-state index contributed by atoms with van der Waals surface area (Å²) in [6.07, 6.45) is 0. The number of rotatable bonds is 4. The van der Waals surface area contributed by atoms with Gasteiger partial charge in [-0.05, 0) is 47.2 Å². The van der Waals surface area contributed by atoms with Crippen LogP contribution in [0.25, 0.3) is 10.8 Å². The fourth-order valence-electron chi connectivity index (χ4n) is 3.17. The minimum absolute atomic E-state index is 0.0220. The summed E-state index contributed by atoms with van der Waals surface area (Å²) in [5, 5.41) is 6.70. The maximum Gasteiger partial charge on any atom is 0.261 e. The van der Waals surface area contributed by atoms with Crippen molar-refractivity contribution < 1.29 is 31.5 Å². The molecular weight excluding hydrogens is 443 g/mol. The van der Waals surface area contributed by atoms with Gasteiger partial charge < -0.3 is 10.6 Å². The summed E-state index contributed by atoms with van der Waals surface area (Å²) in [6.45, 7) is 0. The van der Waals surface area contributed by atoms with Crippen molar-refractivity contribution in [3.63, 3.8) is 0 Å². The number of hydrogen-bond acceptors (Lipinski definition) is 2. The second kappa shape index (κ2) is 8.70. The summed E-state index contributed by atoms with van der Waals surface area (Å²) >= 11 is 0. The summed E-state index contributed by atoms with van der Waals surface area (Å²) in [7, 11) is 0. The van der Waals surface area contributed by atoms with Gasteiger partial charge >= 0.3 is 0 Å². The van der Waals surface area contributed by atoms with Gasteiger partial charge in [0.05, 0.1) is 0 Å². The maximum atomic E-state index is 13.8. The van der Waals surface area contributed by atoms with E-state index in [4.69, 9.17) is 0 Å². The average molecular weight is 456 g/mol. The highest BCUT2D eigenvalue weighted by Crippen LogP contribution is 2.24. The molecule has 0 radical (unpaired) electrons. The Balaban J connectivity index is 1.49. The molecule has 0 saturated heterocycles. The van der Waals surface area contributed by atoms with Gasteiger partial charge in [0.25, 0.3) is 11.8 Å². The summed E-state index contributed by atoms with van der Waals surface area (Å²) in [6, 6.07) is 18.1. The SMILES string of the molecule is O=C(Nc1ccc2ccccc2c1)c1ccc(NC(=O)c2c(F)c(F)c(F)c(F)c2F)cc1. The highest BCUT2D eigenvalue weighted by Gasteiger charge is 2.29. The molecule has 0 aliphatic rings. The number of fused-ring (bicyclic) bond motifs is 1. The van der Waals surface area contributed by atoms with Crippen LogP contribution in [-0.2, 0) is 0 Å². The van der Waals surface area contributed by atoms with Crippen molar-refractivity contribution in [2.75, 3.05) is 10.6 Å². The molecule has 4 nitrogen and oxygen atoms in total. The van der Waals surface area contributed by atoms with E-state index >= 15 is 0 Å². The van der Waals surface area contributed by atoms with Gasteiger partial charge in [0.1, 0.15) is 5.56 Å². The Labute approximate surface area is 183 Å². The molecule has 4 rings (SSSR count). The van der Waals surface area contributed by atoms with Gasteiger partial charge in [0.2, 0.25) is 5.82 Å². The van der Waals surface area contributed by atoms with Gasteiger partial charge in [0, 0.05) is 16.9 Å². The van der Waals surface area contributed by atoms with Crippen LogP contribution in [-0.4, -0.2) is 11.8 Å². The lowest BCUT2D eigenvalue weighted by atomic mass is 10.1. The van der Waals surface area contributed by atoms with E-state index in [2.05, 4.69) is 5.32 Å². The lowest BCUT2D eigenvalue weighted by Crippen LogP contribution is -2.19. The molecule has 0 saturated carbocycles. The zero-order valence-electron chi connectivity index (χ0n) is 16.6. The number of hydrogen-bond donors (Lipinski definition) is 2. The zero-order chi connectivity index (χ0) is 23.7. The molecule has 0 atom stereocenters. The van der Waals surface area contributed by atoms with Crippen LogP contribution in [0.4, 0.5) is 33.3 Å². The lowest BCUT2D eigenvalue weighted by molar-refractivity contribution is 0.101. The van der Waals surface area contributed by atoms with Crippen molar-refractivity contribution in [1.82, 2.24) is 0 Å². The molecule has 0 unspecified atom stereocenters. The predicted octanol–water partition coefficient (Wildman–Crippen LogP) is 6.04. The van der Waals surface area contributed by atoms with Crippen molar-refractivity contribution in [2.24, 2.45) is 0 Å². The lowest BCUT2D eigenvalue weighted by Gasteiger charge is -2.10. The molecule has 4 aromatic carbocycles. The first-order valence-electron chi connectivity index (χ1n) is 9.49. The molecule has 166 valence electrons. The molecule has 0 aromatic heterocycles. The van der Waals surface area contributed by atoms with Gasteiger partial charge in [-0.1, -0.05) is 30.3 Å². The highest BCUT2D eigenvalue weighted by molar-refractivity contribution is 6.07. The van der Waals surface area contributed by atoms with Gasteiger partial charge in [-0.15, -0.1) is 0 Å². The quantitative estimate of drug-likeness (QED) is 0.224. The Morgan fingerprint density at radius 2 is 1.06 bits per heavy atom. The van der Waals surface area contributed by atoms with E-state index in [1.54, 1.807) is 12.1 Å². The van der Waals surface area contributed by atoms with E-state index in [0.717, 1.165) is 10.8 Å². The Hall–Kier alpha value is -4.27. The molecule has 4 aromatic rings. The first-order valence-corrected chi connectivity index (χ1v) is 9.49. The first kappa shape index (κ1) is 21.9. The number of anilines is 2. The first-order chi connectivity index (χ1) is 15.8. The second-order valence-electron chi connectivity index (χ2n) is 6.99. The summed E-state index contributed by atoms with van der Waals surface area (Å²) in [4.78, 5) is 24.6. The Morgan fingerprint density at radius 1 is 0.545 bits per heavy atom. The van der Waals surface area contributed by atoms with E-state index in [0.29, 0.717) is 5.69 Å². The maximum absolute atomic E-state index is 13.8. The van der Waals surface area contributed by atoms with E-state index in [1.807, 2.05) is 35.6 Å². The van der Waals surface area contributed by atoms with Crippen LogP contribution >= 0.6 is 0 Å². The summed E-state index contributed by atoms with van der Waals surface area (Å²) in [5.74, 6) is -13.3. The van der Waals surface area contributed by atoms with Crippen LogP contribution in [0, 0.1) is 29.1 Å². The third-order valence-electron chi connectivity index (χ3n) is 4.85. The number of benzene rings is 4. The molecular formula is C24H13F5N2O2. The smallest absolute Gasteiger partial charge is 0.261 e. The predicted molar refractivity (Wildman–Crippen MR) is 113 cm³/mol. The van der Waals surface area contributed by atoms with Crippen LogP contribution in [0.5, 0.6) is 0 Å². The normalized spacial score (nSPS) is 10.8. The van der Waals surface area contributed by atoms with E-state index in [9.17, 15) is 31.5 Å². The third kappa shape index (κ3) is 4.25. The molecule has 0 bridgehead atoms. The van der Waals surface area contributed by atoms with Crippen molar-refractivity contribution in [3.05, 3.63) is 107 Å². The number of halogens is 5. The van der Waals surface area contributed by atoms with Crippen LogP contribution in [0.2, 0.25) is 0 Å². The fraction of sp³-hybridized carbons (Fsp3) is 0. The largest absolute Gasteiger partial charge is 0.322 e. The Morgan fingerprint density at radius 3 is 1.70 bits per heavy atom. The van der Waals surface area contributed by atoms with Crippen LogP contribution in [0.3, 0.4) is 0 Å². The summed E-state index contributed by atoms with van der Waals surface area (Å²) in [5.41, 5.74) is -0.865. The molecule has 0 heterocycles. The molecule has 0 aliphatic heterocycles. The zero-order valence-corrected chi connectivity index (χ0v) is 16.6. The van der Waals surface area contributed by atoms with Gasteiger partial charge in [-0.25, -0.2) is 22.0 Å². The molecule has 0 aliphatic carbocycles. The standard InChI is InChI=1S/C24H13F5N2O2/c25-18-17(19(26)21(28)22(29)20(18)27)24(33)30-15-8-6-13(7-9-15)23(32)31-16-10-5-12-3-1-2-4-14(12)11-16/h1-11H,(H,30,33)(H,31,32). The Kier molecular flexibility index (Phi) is 5.78. The van der Waals surface area contributed by atoms with E-state index in [1.165, 1.54) is 24.3 Å². The molecule has 0 spiro atoms. The number of amides is 2. The van der Waals surface area contributed by atoms with Crippen molar-refractivity contribution in [3.8, 4) is 0 Å². The van der Waals surface area contributed by atoms with Crippen LogP contribution in [0.1, 0.15) is 20.7 Å². The molecule has 2 N–H and O–H groups in total. The average Bonchev–Trinajstić information content (AvgIpc) is 2.82. The topological polar surface area (TPSA) is 58.2 Å².